The van der Waals surface area contributed by atoms with E-state index in [2.05, 4.69) is 32.6 Å². The molecule has 5 heteroatoms. The summed E-state index contributed by atoms with van der Waals surface area (Å²) in [4.78, 5) is 2.25. The Labute approximate surface area is 127 Å². The smallest absolute Gasteiger partial charge is 0.329 e. The number of halogens is 3. The zero-order chi connectivity index (χ0) is 16.3. The third-order valence-electron chi connectivity index (χ3n) is 4.51. The predicted octanol–water partition coefficient (Wildman–Crippen LogP) is 4.05. The molecule has 0 aromatic rings. The molecule has 0 radical (unpaired) electrons. The van der Waals surface area contributed by atoms with Crippen LogP contribution in [-0.2, 0) is 0 Å². The van der Waals surface area contributed by atoms with Crippen molar-refractivity contribution in [3.8, 4) is 0 Å². The second kappa shape index (κ2) is 7.32. The fourth-order valence-corrected chi connectivity index (χ4v) is 3.56. The highest BCUT2D eigenvalue weighted by Gasteiger charge is 2.49. The first-order valence-electron chi connectivity index (χ1n) is 8.12. The molecule has 2 unspecified atom stereocenters. The average Bonchev–Trinajstić information content (AvgIpc) is 2.36. The Balaban J connectivity index is 2.97. The predicted molar refractivity (Wildman–Crippen MR) is 81.0 cm³/mol. The third-order valence-corrected chi connectivity index (χ3v) is 4.51. The molecule has 0 saturated heterocycles. The van der Waals surface area contributed by atoms with Gasteiger partial charge in [0.25, 0.3) is 0 Å². The molecule has 1 aliphatic rings. The van der Waals surface area contributed by atoms with E-state index in [1.54, 1.807) is 0 Å². The quantitative estimate of drug-likeness (QED) is 0.802. The zero-order valence-electron chi connectivity index (χ0n) is 13.8. The van der Waals surface area contributed by atoms with Gasteiger partial charge in [-0.15, -0.1) is 0 Å². The maximum absolute atomic E-state index is 13.2. The van der Waals surface area contributed by atoms with Crippen molar-refractivity contribution in [3.05, 3.63) is 0 Å². The van der Waals surface area contributed by atoms with Crippen LogP contribution in [0.4, 0.5) is 13.2 Å². The molecule has 126 valence electrons. The monoisotopic (exact) mass is 308 g/mol. The van der Waals surface area contributed by atoms with Crippen LogP contribution in [-0.4, -0.2) is 36.2 Å². The molecule has 21 heavy (non-hydrogen) atoms. The van der Waals surface area contributed by atoms with Gasteiger partial charge in [0.1, 0.15) is 0 Å². The van der Waals surface area contributed by atoms with Crippen LogP contribution >= 0.6 is 0 Å². The summed E-state index contributed by atoms with van der Waals surface area (Å²) >= 11 is 0. The van der Waals surface area contributed by atoms with Crippen LogP contribution in [0.15, 0.2) is 0 Å². The molecule has 0 bridgehead atoms. The van der Waals surface area contributed by atoms with E-state index in [9.17, 15) is 13.2 Å². The van der Waals surface area contributed by atoms with Crippen LogP contribution in [0.1, 0.15) is 53.4 Å². The Hall–Kier alpha value is -0.290. The Bertz CT molecular complexity index is 305. The first-order chi connectivity index (χ1) is 9.60. The highest BCUT2D eigenvalue weighted by Crippen LogP contribution is 2.44. The Morgan fingerprint density at radius 1 is 1.14 bits per heavy atom. The van der Waals surface area contributed by atoms with E-state index in [0.717, 1.165) is 19.5 Å². The second-order valence-corrected chi connectivity index (χ2v) is 7.46. The van der Waals surface area contributed by atoms with Crippen LogP contribution in [0, 0.1) is 17.8 Å². The Morgan fingerprint density at radius 3 is 2.05 bits per heavy atom. The highest BCUT2D eigenvalue weighted by atomic mass is 19.4. The molecule has 0 heterocycles. The largest absolute Gasteiger partial charge is 0.391 e. The molecule has 0 aromatic heterocycles. The van der Waals surface area contributed by atoms with Crippen molar-refractivity contribution in [1.82, 2.24) is 4.90 Å². The number of nitrogens with zero attached hydrogens (tertiary/aromatic N) is 1. The molecule has 0 spiro atoms. The van der Waals surface area contributed by atoms with Gasteiger partial charge >= 0.3 is 6.18 Å². The number of alkyl halides is 3. The lowest BCUT2D eigenvalue weighted by molar-refractivity contribution is -0.194. The van der Waals surface area contributed by atoms with Gasteiger partial charge in [0.15, 0.2) is 0 Å². The number of hydrogen-bond donors (Lipinski definition) is 1. The topological polar surface area (TPSA) is 29.3 Å². The third kappa shape index (κ3) is 5.13. The fourth-order valence-electron chi connectivity index (χ4n) is 3.56. The Morgan fingerprint density at radius 2 is 1.67 bits per heavy atom. The van der Waals surface area contributed by atoms with Crippen molar-refractivity contribution in [2.24, 2.45) is 23.5 Å². The van der Waals surface area contributed by atoms with Gasteiger partial charge in [0.05, 0.1) is 5.92 Å². The molecule has 2 N–H and O–H groups in total. The van der Waals surface area contributed by atoms with Gasteiger partial charge < -0.3 is 5.73 Å². The lowest BCUT2D eigenvalue weighted by Gasteiger charge is -2.49. The maximum Gasteiger partial charge on any atom is 0.391 e. The summed E-state index contributed by atoms with van der Waals surface area (Å²) in [6.45, 7) is 10.4. The summed E-state index contributed by atoms with van der Waals surface area (Å²) in [5.41, 5.74) is 5.51. The minimum Gasteiger partial charge on any atom is -0.329 e. The van der Waals surface area contributed by atoms with E-state index in [0.29, 0.717) is 24.8 Å². The fraction of sp³-hybridized carbons (Fsp3) is 1.00. The van der Waals surface area contributed by atoms with Crippen LogP contribution in [0.25, 0.3) is 0 Å². The molecule has 2 atom stereocenters. The summed E-state index contributed by atoms with van der Waals surface area (Å²) in [7, 11) is 0. The first kappa shape index (κ1) is 18.8. The molecule has 1 saturated carbocycles. The highest BCUT2D eigenvalue weighted by molar-refractivity contribution is 4.98. The maximum atomic E-state index is 13.2. The molecule has 1 rings (SSSR count). The van der Waals surface area contributed by atoms with Gasteiger partial charge in [0, 0.05) is 25.2 Å². The lowest BCUT2D eigenvalue weighted by atomic mass is 9.73. The molecule has 1 aliphatic carbocycles. The van der Waals surface area contributed by atoms with Gasteiger partial charge in [-0.05, 0) is 31.1 Å². The van der Waals surface area contributed by atoms with Gasteiger partial charge in [-0.2, -0.15) is 13.2 Å². The summed E-state index contributed by atoms with van der Waals surface area (Å²) in [6.07, 6.45) is -2.28. The van der Waals surface area contributed by atoms with Gasteiger partial charge in [-0.3, -0.25) is 4.90 Å². The van der Waals surface area contributed by atoms with Crippen LogP contribution < -0.4 is 5.73 Å². The SMILES string of the molecule is CC(C)CN(CC(C)C)C1(CN)CCCC(C(F)(F)F)C1. The van der Waals surface area contributed by atoms with E-state index < -0.39 is 17.6 Å². The van der Waals surface area contributed by atoms with E-state index in [1.165, 1.54) is 0 Å². The van der Waals surface area contributed by atoms with E-state index in [-0.39, 0.29) is 12.8 Å². The van der Waals surface area contributed by atoms with Crippen molar-refractivity contribution in [2.45, 2.75) is 65.1 Å². The van der Waals surface area contributed by atoms with Crippen LogP contribution in [0.2, 0.25) is 0 Å². The standard InChI is InChI=1S/C16H31F3N2/c1-12(2)9-21(10-13(3)4)15(11-20)7-5-6-14(8-15)16(17,18)19/h12-14H,5-11,20H2,1-4H3. The molecular weight excluding hydrogens is 277 g/mol. The molecular formula is C16H31F3N2. The van der Waals surface area contributed by atoms with Crippen molar-refractivity contribution in [1.29, 1.82) is 0 Å². The van der Waals surface area contributed by atoms with Crippen molar-refractivity contribution in [3.63, 3.8) is 0 Å². The van der Waals surface area contributed by atoms with E-state index in [4.69, 9.17) is 5.73 Å². The van der Waals surface area contributed by atoms with Gasteiger partial charge in [-0.1, -0.05) is 34.1 Å². The normalized spacial score (nSPS) is 27.9. The minimum atomic E-state index is -4.10. The van der Waals surface area contributed by atoms with E-state index in [1.807, 2.05) is 0 Å². The number of hydrogen-bond acceptors (Lipinski definition) is 2. The molecule has 1 fully saturated rings. The molecule has 2 nitrogen and oxygen atoms in total. The number of nitrogens with two attached hydrogens (primary N) is 1. The lowest BCUT2D eigenvalue weighted by Crippen LogP contribution is -2.59. The average molecular weight is 308 g/mol. The van der Waals surface area contributed by atoms with Crippen molar-refractivity contribution >= 4 is 0 Å². The molecule has 0 amide bonds. The van der Waals surface area contributed by atoms with E-state index >= 15 is 0 Å². The van der Waals surface area contributed by atoms with Gasteiger partial charge in [0.2, 0.25) is 0 Å². The first-order valence-corrected chi connectivity index (χ1v) is 8.12. The zero-order valence-corrected chi connectivity index (χ0v) is 13.8. The second-order valence-electron chi connectivity index (χ2n) is 7.46. The van der Waals surface area contributed by atoms with Crippen molar-refractivity contribution in [2.75, 3.05) is 19.6 Å². The minimum absolute atomic E-state index is 0.159. The van der Waals surface area contributed by atoms with Gasteiger partial charge in [-0.25, -0.2) is 0 Å². The summed E-state index contributed by atoms with van der Waals surface area (Å²) in [6, 6.07) is 0. The summed E-state index contributed by atoms with van der Waals surface area (Å²) < 4.78 is 39.5. The van der Waals surface area contributed by atoms with Crippen LogP contribution in [0.5, 0.6) is 0 Å². The van der Waals surface area contributed by atoms with Crippen molar-refractivity contribution < 1.29 is 13.2 Å². The molecule has 0 aliphatic heterocycles. The summed E-state index contributed by atoms with van der Waals surface area (Å²) in [5, 5.41) is 0. The van der Waals surface area contributed by atoms with Crippen LogP contribution in [0.3, 0.4) is 0 Å². The molecule has 0 aromatic carbocycles. The summed E-state index contributed by atoms with van der Waals surface area (Å²) in [5.74, 6) is -0.339. The number of rotatable bonds is 6. The Kier molecular flexibility index (Phi) is 6.54.